The minimum atomic E-state index is -0.303. The van der Waals surface area contributed by atoms with Crippen molar-refractivity contribution in [3.63, 3.8) is 0 Å². The molecule has 0 spiro atoms. The standard InChI is InChI=1S/C26H19Br/c1-18-14-15-23-22-12-5-6-13-24(22)26(25(23)16-18,19-8-3-2-4-9-19)20-10-7-11-21(27)17-20/h2-17H,1H3. The number of hydrogen-bond acceptors (Lipinski definition) is 0. The molecule has 130 valence electrons. The van der Waals surface area contributed by atoms with Gasteiger partial charge in [0.1, 0.15) is 0 Å². The third-order valence-corrected chi connectivity index (χ3v) is 6.16. The van der Waals surface area contributed by atoms with E-state index in [1.165, 1.54) is 38.9 Å². The zero-order chi connectivity index (χ0) is 18.4. The zero-order valence-corrected chi connectivity index (χ0v) is 16.7. The van der Waals surface area contributed by atoms with Crippen LogP contribution in [-0.2, 0) is 5.41 Å². The van der Waals surface area contributed by atoms with Crippen LogP contribution in [0.5, 0.6) is 0 Å². The summed E-state index contributed by atoms with van der Waals surface area (Å²) in [6.45, 7) is 2.18. The number of halogens is 1. The van der Waals surface area contributed by atoms with Crippen LogP contribution in [0.4, 0.5) is 0 Å². The van der Waals surface area contributed by atoms with Crippen molar-refractivity contribution in [2.45, 2.75) is 12.3 Å². The van der Waals surface area contributed by atoms with Crippen molar-refractivity contribution in [1.29, 1.82) is 0 Å². The summed E-state index contributed by atoms with van der Waals surface area (Å²) in [5.74, 6) is 0. The molecule has 0 aliphatic heterocycles. The molecule has 0 fully saturated rings. The molecule has 4 aromatic rings. The van der Waals surface area contributed by atoms with Crippen molar-refractivity contribution in [2.24, 2.45) is 0 Å². The molecule has 0 heterocycles. The molecule has 4 aromatic carbocycles. The fraction of sp³-hybridized carbons (Fsp3) is 0.0769. The van der Waals surface area contributed by atoms with Gasteiger partial charge in [-0.15, -0.1) is 0 Å². The van der Waals surface area contributed by atoms with Crippen molar-refractivity contribution >= 4 is 15.9 Å². The van der Waals surface area contributed by atoms with Crippen LogP contribution in [0.25, 0.3) is 11.1 Å². The van der Waals surface area contributed by atoms with E-state index < -0.39 is 0 Å². The SMILES string of the molecule is Cc1ccc2c(c1)C(c1ccccc1)(c1cccc(Br)c1)c1ccccc1-2. The topological polar surface area (TPSA) is 0 Å². The molecule has 0 bridgehead atoms. The molecule has 0 saturated heterocycles. The van der Waals surface area contributed by atoms with E-state index in [9.17, 15) is 0 Å². The average Bonchev–Trinajstić information content (AvgIpc) is 2.99. The maximum absolute atomic E-state index is 3.70. The molecule has 1 unspecified atom stereocenters. The summed E-state index contributed by atoms with van der Waals surface area (Å²) in [6, 6.07) is 35.4. The number of benzene rings is 4. The summed E-state index contributed by atoms with van der Waals surface area (Å²) < 4.78 is 1.11. The maximum Gasteiger partial charge on any atom is 0.0714 e. The Balaban J connectivity index is 1.99. The van der Waals surface area contributed by atoms with Gasteiger partial charge in [0.05, 0.1) is 5.41 Å². The summed E-state index contributed by atoms with van der Waals surface area (Å²) >= 11 is 3.70. The Morgan fingerprint density at radius 1 is 0.593 bits per heavy atom. The van der Waals surface area contributed by atoms with E-state index in [2.05, 4.69) is 120 Å². The fourth-order valence-corrected chi connectivity index (χ4v) is 4.99. The van der Waals surface area contributed by atoms with Gasteiger partial charge in [-0.05, 0) is 52.4 Å². The van der Waals surface area contributed by atoms with E-state index in [1.54, 1.807) is 0 Å². The van der Waals surface area contributed by atoms with E-state index >= 15 is 0 Å². The Bertz CT molecular complexity index is 1140. The second-order valence-corrected chi connectivity index (χ2v) is 8.14. The molecule has 0 saturated carbocycles. The van der Waals surface area contributed by atoms with Gasteiger partial charge in [-0.25, -0.2) is 0 Å². The minimum Gasteiger partial charge on any atom is -0.0622 e. The summed E-state index contributed by atoms with van der Waals surface area (Å²) in [5.41, 5.74) is 8.97. The molecular formula is C26H19Br. The van der Waals surface area contributed by atoms with E-state index in [1.807, 2.05) is 0 Å². The Hall–Kier alpha value is -2.64. The van der Waals surface area contributed by atoms with Gasteiger partial charge in [0, 0.05) is 4.47 Å². The highest BCUT2D eigenvalue weighted by Crippen LogP contribution is 2.56. The van der Waals surface area contributed by atoms with Gasteiger partial charge in [0.15, 0.2) is 0 Å². The molecule has 0 nitrogen and oxygen atoms in total. The van der Waals surface area contributed by atoms with Crippen LogP contribution in [0.1, 0.15) is 27.8 Å². The quantitative estimate of drug-likeness (QED) is 0.290. The Labute approximate surface area is 168 Å². The van der Waals surface area contributed by atoms with E-state index in [0.717, 1.165) is 4.47 Å². The maximum atomic E-state index is 3.70. The first-order valence-corrected chi connectivity index (χ1v) is 10.0. The third kappa shape index (κ3) is 2.35. The zero-order valence-electron chi connectivity index (χ0n) is 15.1. The van der Waals surface area contributed by atoms with Gasteiger partial charge in [-0.1, -0.05) is 106 Å². The minimum absolute atomic E-state index is 0.303. The van der Waals surface area contributed by atoms with Crippen LogP contribution in [0.3, 0.4) is 0 Å². The number of rotatable bonds is 2. The van der Waals surface area contributed by atoms with E-state index in [0.29, 0.717) is 0 Å². The molecule has 27 heavy (non-hydrogen) atoms. The average molecular weight is 411 g/mol. The van der Waals surface area contributed by atoms with E-state index in [-0.39, 0.29) is 5.41 Å². The predicted octanol–water partition coefficient (Wildman–Crippen LogP) is 7.12. The molecule has 1 heteroatoms. The molecule has 0 aromatic heterocycles. The van der Waals surface area contributed by atoms with Gasteiger partial charge >= 0.3 is 0 Å². The van der Waals surface area contributed by atoms with Crippen LogP contribution < -0.4 is 0 Å². The molecule has 0 amide bonds. The lowest BCUT2D eigenvalue weighted by molar-refractivity contribution is 0.767. The van der Waals surface area contributed by atoms with Crippen LogP contribution in [0.15, 0.2) is 102 Å². The lowest BCUT2D eigenvalue weighted by Gasteiger charge is -2.34. The van der Waals surface area contributed by atoms with Gasteiger partial charge in [-0.2, -0.15) is 0 Å². The first-order chi connectivity index (χ1) is 13.2. The molecule has 1 aliphatic rings. The number of hydrogen-bond donors (Lipinski definition) is 0. The summed E-state index contributed by atoms with van der Waals surface area (Å²) in [7, 11) is 0. The number of fused-ring (bicyclic) bond motifs is 3. The summed E-state index contributed by atoms with van der Waals surface area (Å²) in [6.07, 6.45) is 0. The normalized spacial score (nSPS) is 17.4. The predicted molar refractivity (Wildman–Crippen MR) is 116 cm³/mol. The van der Waals surface area contributed by atoms with Crippen molar-refractivity contribution in [3.8, 4) is 11.1 Å². The van der Waals surface area contributed by atoms with E-state index in [4.69, 9.17) is 0 Å². The van der Waals surface area contributed by atoms with Crippen molar-refractivity contribution in [2.75, 3.05) is 0 Å². The highest BCUT2D eigenvalue weighted by atomic mass is 79.9. The van der Waals surface area contributed by atoms with Crippen LogP contribution in [0.2, 0.25) is 0 Å². The Morgan fingerprint density at radius 3 is 2.11 bits per heavy atom. The largest absolute Gasteiger partial charge is 0.0714 e. The smallest absolute Gasteiger partial charge is 0.0622 e. The van der Waals surface area contributed by atoms with Gasteiger partial charge in [-0.3, -0.25) is 0 Å². The fourth-order valence-electron chi connectivity index (χ4n) is 4.59. The monoisotopic (exact) mass is 410 g/mol. The van der Waals surface area contributed by atoms with Crippen molar-refractivity contribution in [3.05, 3.63) is 129 Å². The molecule has 1 atom stereocenters. The van der Waals surface area contributed by atoms with Crippen molar-refractivity contribution in [1.82, 2.24) is 0 Å². The highest BCUT2D eigenvalue weighted by molar-refractivity contribution is 9.10. The van der Waals surface area contributed by atoms with Gasteiger partial charge in [0.25, 0.3) is 0 Å². The van der Waals surface area contributed by atoms with Crippen LogP contribution >= 0.6 is 15.9 Å². The second kappa shape index (κ2) is 6.21. The third-order valence-electron chi connectivity index (χ3n) is 5.66. The molecule has 0 radical (unpaired) electrons. The lowest BCUT2D eigenvalue weighted by Crippen LogP contribution is -2.28. The molecular weight excluding hydrogens is 392 g/mol. The first-order valence-electron chi connectivity index (χ1n) is 9.24. The molecule has 5 rings (SSSR count). The van der Waals surface area contributed by atoms with Gasteiger partial charge < -0.3 is 0 Å². The Kier molecular flexibility index (Phi) is 3.80. The second-order valence-electron chi connectivity index (χ2n) is 7.22. The molecule has 1 aliphatic carbocycles. The van der Waals surface area contributed by atoms with Crippen LogP contribution in [-0.4, -0.2) is 0 Å². The van der Waals surface area contributed by atoms with Crippen molar-refractivity contribution < 1.29 is 0 Å². The summed E-state index contributed by atoms with van der Waals surface area (Å²) in [4.78, 5) is 0. The first kappa shape index (κ1) is 16.5. The lowest BCUT2D eigenvalue weighted by atomic mass is 9.67. The van der Waals surface area contributed by atoms with Gasteiger partial charge in [0.2, 0.25) is 0 Å². The summed E-state index contributed by atoms with van der Waals surface area (Å²) in [5, 5.41) is 0. The Morgan fingerprint density at radius 2 is 1.30 bits per heavy atom. The van der Waals surface area contributed by atoms with Crippen LogP contribution in [0, 0.1) is 6.92 Å². The highest BCUT2D eigenvalue weighted by Gasteiger charge is 2.45. The molecule has 0 N–H and O–H groups in total. The number of aryl methyl sites for hydroxylation is 1.